The summed E-state index contributed by atoms with van der Waals surface area (Å²) in [6, 6.07) is 3.52. The van der Waals surface area contributed by atoms with Gasteiger partial charge in [-0.2, -0.15) is 0 Å². The van der Waals surface area contributed by atoms with Gasteiger partial charge in [0.2, 0.25) is 0 Å². The number of ether oxygens (including phenoxy) is 1. The van der Waals surface area contributed by atoms with Gasteiger partial charge in [0.25, 0.3) is 0 Å². The van der Waals surface area contributed by atoms with Crippen LogP contribution in [0.15, 0.2) is 18.3 Å². The molecule has 1 fully saturated rings. The van der Waals surface area contributed by atoms with Crippen molar-refractivity contribution in [2.24, 2.45) is 0 Å². The molecular formula is C14H21N3O2. The molecule has 0 radical (unpaired) electrons. The highest BCUT2D eigenvalue weighted by Crippen LogP contribution is 2.14. The Labute approximate surface area is 113 Å². The van der Waals surface area contributed by atoms with Crippen LogP contribution in [0.2, 0.25) is 0 Å². The maximum atomic E-state index is 11.7. The van der Waals surface area contributed by atoms with Crippen LogP contribution in [0.4, 0.5) is 10.6 Å². The smallest absolute Gasteiger partial charge is 0.320 e. The fraction of sp³-hybridized carbons (Fsp3) is 0.571. The number of anilines is 1. The summed E-state index contributed by atoms with van der Waals surface area (Å²) in [5.74, 6) is 0.575. The van der Waals surface area contributed by atoms with Crippen molar-refractivity contribution in [1.82, 2.24) is 10.3 Å². The van der Waals surface area contributed by atoms with E-state index in [0.29, 0.717) is 18.5 Å². The first kappa shape index (κ1) is 13.8. The molecule has 2 rings (SSSR count). The van der Waals surface area contributed by atoms with Crippen molar-refractivity contribution in [3.63, 3.8) is 0 Å². The van der Waals surface area contributed by atoms with Gasteiger partial charge in [0, 0.05) is 19.3 Å². The molecule has 0 aromatic carbocycles. The Morgan fingerprint density at radius 3 is 3.16 bits per heavy atom. The summed E-state index contributed by atoms with van der Waals surface area (Å²) in [4.78, 5) is 15.7. The van der Waals surface area contributed by atoms with Crippen molar-refractivity contribution in [2.45, 2.75) is 38.7 Å². The number of aromatic nitrogens is 1. The summed E-state index contributed by atoms with van der Waals surface area (Å²) in [6.07, 6.45) is 6.33. The van der Waals surface area contributed by atoms with Crippen molar-refractivity contribution in [3.05, 3.63) is 23.9 Å². The molecule has 5 nitrogen and oxygen atoms in total. The standard InChI is InChI=1S/C14H21N3O2/c1-11-5-7-15-13(10-11)17-14(18)16-8-6-12-4-2-3-9-19-12/h5,7,10,12H,2-4,6,8-9H2,1H3,(H2,15,16,17,18). The molecule has 2 N–H and O–H groups in total. The van der Waals surface area contributed by atoms with Crippen LogP contribution >= 0.6 is 0 Å². The molecule has 104 valence electrons. The van der Waals surface area contributed by atoms with Crippen LogP contribution in [-0.4, -0.2) is 30.3 Å². The Morgan fingerprint density at radius 1 is 1.53 bits per heavy atom. The SMILES string of the molecule is Cc1ccnc(NC(=O)NCCC2CCCCO2)c1. The molecular weight excluding hydrogens is 242 g/mol. The van der Waals surface area contributed by atoms with Gasteiger partial charge in [-0.3, -0.25) is 5.32 Å². The van der Waals surface area contributed by atoms with Crippen molar-refractivity contribution in [3.8, 4) is 0 Å². The molecule has 1 aromatic heterocycles. The summed E-state index contributed by atoms with van der Waals surface area (Å²) >= 11 is 0. The molecule has 1 unspecified atom stereocenters. The minimum atomic E-state index is -0.214. The molecule has 19 heavy (non-hydrogen) atoms. The molecule has 1 aliphatic heterocycles. The second-order valence-electron chi connectivity index (χ2n) is 4.88. The van der Waals surface area contributed by atoms with Crippen LogP contribution in [0.5, 0.6) is 0 Å². The highest BCUT2D eigenvalue weighted by molar-refractivity contribution is 5.88. The first-order chi connectivity index (χ1) is 9.24. The van der Waals surface area contributed by atoms with E-state index >= 15 is 0 Å². The topological polar surface area (TPSA) is 63.2 Å². The van der Waals surface area contributed by atoms with Crippen LogP contribution in [0.25, 0.3) is 0 Å². The molecule has 2 amide bonds. The number of nitrogens with one attached hydrogen (secondary N) is 2. The number of amides is 2. The molecule has 2 heterocycles. The van der Waals surface area contributed by atoms with Gasteiger partial charge in [0.05, 0.1) is 6.10 Å². The van der Waals surface area contributed by atoms with Gasteiger partial charge >= 0.3 is 6.03 Å². The van der Waals surface area contributed by atoms with Crippen molar-refractivity contribution < 1.29 is 9.53 Å². The average molecular weight is 263 g/mol. The number of carbonyl (C=O) groups is 1. The van der Waals surface area contributed by atoms with Gasteiger partial charge in [0.1, 0.15) is 5.82 Å². The van der Waals surface area contributed by atoms with E-state index in [4.69, 9.17) is 4.74 Å². The maximum Gasteiger partial charge on any atom is 0.320 e. The molecule has 1 saturated heterocycles. The largest absolute Gasteiger partial charge is 0.378 e. The van der Waals surface area contributed by atoms with Crippen molar-refractivity contribution in [2.75, 3.05) is 18.5 Å². The number of aryl methyl sites for hydroxylation is 1. The summed E-state index contributed by atoms with van der Waals surface area (Å²) in [5, 5.41) is 5.55. The van der Waals surface area contributed by atoms with Crippen molar-refractivity contribution >= 4 is 11.8 Å². The zero-order valence-corrected chi connectivity index (χ0v) is 11.3. The van der Waals surface area contributed by atoms with E-state index < -0.39 is 0 Å². The van der Waals surface area contributed by atoms with Gasteiger partial charge in [-0.05, 0) is 50.3 Å². The summed E-state index contributed by atoms with van der Waals surface area (Å²) in [5.41, 5.74) is 1.07. The molecule has 0 saturated carbocycles. The Kier molecular flexibility index (Phi) is 5.15. The minimum Gasteiger partial charge on any atom is -0.378 e. The predicted octanol–water partition coefficient (Wildman–Crippen LogP) is 2.47. The van der Waals surface area contributed by atoms with Gasteiger partial charge in [-0.25, -0.2) is 9.78 Å². The van der Waals surface area contributed by atoms with Gasteiger partial charge in [0.15, 0.2) is 0 Å². The zero-order valence-electron chi connectivity index (χ0n) is 11.3. The summed E-state index contributed by atoms with van der Waals surface area (Å²) in [6.45, 7) is 3.44. The molecule has 1 aliphatic rings. The van der Waals surface area contributed by atoms with Crippen LogP contribution < -0.4 is 10.6 Å². The van der Waals surface area contributed by atoms with E-state index in [1.54, 1.807) is 6.20 Å². The summed E-state index contributed by atoms with van der Waals surface area (Å²) in [7, 11) is 0. The van der Waals surface area contributed by atoms with Gasteiger partial charge < -0.3 is 10.1 Å². The quantitative estimate of drug-likeness (QED) is 0.877. The first-order valence-corrected chi connectivity index (χ1v) is 6.83. The minimum absolute atomic E-state index is 0.214. The van der Waals surface area contributed by atoms with Gasteiger partial charge in [-0.1, -0.05) is 0 Å². The number of rotatable bonds is 4. The Morgan fingerprint density at radius 2 is 2.42 bits per heavy atom. The highest BCUT2D eigenvalue weighted by Gasteiger charge is 2.13. The molecule has 0 aliphatic carbocycles. The third-order valence-electron chi connectivity index (χ3n) is 3.18. The normalized spacial score (nSPS) is 18.9. The van der Waals surface area contributed by atoms with Crippen LogP contribution in [-0.2, 0) is 4.74 Å². The molecule has 0 bridgehead atoms. The molecule has 1 atom stereocenters. The maximum absolute atomic E-state index is 11.7. The Balaban J connectivity index is 1.67. The third kappa shape index (κ3) is 4.87. The number of carbonyl (C=O) groups excluding carboxylic acids is 1. The second kappa shape index (κ2) is 7.09. The lowest BCUT2D eigenvalue weighted by atomic mass is 10.1. The first-order valence-electron chi connectivity index (χ1n) is 6.83. The Hall–Kier alpha value is -1.62. The van der Waals surface area contributed by atoms with Crippen LogP contribution in [0.1, 0.15) is 31.2 Å². The van der Waals surface area contributed by atoms with Crippen LogP contribution in [0, 0.1) is 6.92 Å². The van der Waals surface area contributed by atoms with Crippen LogP contribution in [0.3, 0.4) is 0 Å². The monoisotopic (exact) mass is 263 g/mol. The van der Waals surface area contributed by atoms with Crippen molar-refractivity contribution in [1.29, 1.82) is 0 Å². The lowest BCUT2D eigenvalue weighted by molar-refractivity contribution is 0.0120. The molecule has 5 heteroatoms. The number of pyridine rings is 1. The highest BCUT2D eigenvalue weighted by atomic mass is 16.5. The molecule has 0 spiro atoms. The van der Waals surface area contributed by atoms with E-state index in [1.165, 1.54) is 6.42 Å². The Bertz CT molecular complexity index is 417. The number of hydrogen-bond donors (Lipinski definition) is 2. The zero-order chi connectivity index (χ0) is 13.5. The predicted molar refractivity (Wildman–Crippen MR) is 74.2 cm³/mol. The molecule has 1 aromatic rings. The van der Waals surface area contributed by atoms with E-state index in [0.717, 1.165) is 31.4 Å². The fourth-order valence-electron chi connectivity index (χ4n) is 2.15. The summed E-state index contributed by atoms with van der Waals surface area (Å²) < 4.78 is 5.61. The van der Waals surface area contributed by atoms with E-state index in [1.807, 2.05) is 19.1 Å². The fourth-order valence-corrected chi connectivity index (χ4v) is 2.15. The average Bonchev–Trinajstić information content (AvgIpc) is 2.40. The van der Waals surface area contributed by atoms with E-state index in [-0.39, 0.29) is 6.03 Å². The lowest BCUT2D eigenvalue weighted by Gasteiger charge is -2.22. The second-order valence-corrected chi connectivity index (χ2v) is 4.88. The number of nitrogens with zero attached hydrogens (tertiary/aromatic N) is 1. The van der Waals surface area contributed by atoms with E-state index in [2.05, 4.69) is 15.6 Å². The lowest BCUT2D eigenvalue weighted by Crippen LogP contribution is -2.32. The number of urea groups is 1. The number of hydrogen-bond acceptors (Lipinski definition) is 3. The third-order valence-corrected chi connectivity index (χ3v) is 3.18. The van der Waals surface area contributed by atoms with Gasteiger partial charge in [-0.15, -0.1) is 0 Å². The van der Waals surface area contributed by atoms with E-state index in [9.17, 15) is 4.79 Å².